The summed E-state index contributed by atoms with van der Waals surface area (Å²) in [5, 5.41) is 0. The maximum Gasteiger partial charge on any atom is 0.233 e. The van der Waals surface area contributed by atoms with Crippen LogP contribution in [0, 0.1) is 0 Å². The first kappa shape index (κ1) is 15.4. The number of hydrogen-bond donors (Lipinski definition) is 1. The lowest BCUT2D eigenvalue weighted by Crippen LogP contribution is -2.33. The Kier molecular flexibility index (Phi) is 4.17. The van der Waals surface area contributed by atoms with Crippen molar-refractivity contribution in [1.82, 2.24) is 14.9 Å². The van der Waals surface area contributed by atoms with Crippen molar-refractivity contribution < 1.29 is 4.79 Å². The fourth-order valence-electron chi connectivity index (χ4n) is 2.84. The van der Waals surface area contributed by atoms with Gasteiger partial charge in [-0.1, -0.05) is 32.9 Å². The number of hydrogen-bond acceptors (Lipinski definition) is 3. The minimum Gasteiger partial charge on any atom is -0.340 e. The van der Waals surface area contributed by atoms with E-state index >= 15 is 0 Å². The fourth-order valence-corrected chi connectivity index (χ4v) is 3.56. The molecule has 1 unspecified atom stereocenters. The number of benzene rings is 1. The van der Waals surface area contributed by atoms with Crippen molar-refractivity contribution in [3.63, 3.8) is 0 Å². The fraction of sp³-hybridized carbons (Fsp3) is 0.529. The number of aromatic amines is 1. The number of imidazole rings is 1. The van der Waals surface area contributed by atoms with Crippen LogP contribution >= 0.6 is 11.8 Å². The number of para-hydroxylation sites is 2. The highest BCUT2D eigenvalue weighted by Crippen LogP contribution is 2.33. The average Bonchev–Trinajstić information content (AvgIpc) is 3.09. The Hall–Kier alpha value is -1.49. The van der Waals surface area contributed by atoms with Crippen molar-refractivity contribution in [3.05, 3.63) is 30.1 Å². The number of rotatable bonds is 3. The van der Waals surface area contributed by atoms with Crippen molar-refractivity contribution in [1.29, 1.82) is 0 Å². The first-order chi connectivity index (χ1) is 10.4. The van der Waals surface area contributed by atoms with Crippen LogP contribution in [-0.2, 0) is 4.79 Å². The summed E-state index contributed by atoms with van der Waals surface area (Å²) in [6, 6.07) is 8.13. The van der Waals surface area contributed by atoms with E-state index < -0.39 is 0 Å². The van der Waals surface area contributed by atoms with E-state index in [-0.39, 0.29) is 16.7 Å². The highest BCUT2D eigenvalue weighted by atomic mass is 32.2. The Labute approximate surface area is 135 Å². The third-order valence-electron chi connectivity index (χ3n) is 3.93. The molecule has 4 nitrogen and oxygen atoms in total. The molecule has 1 aliphatic rings. The van der Waals surface area contributed by atoms with Crippen molar-refractivity contribution in [2.75, 3.05) is 12.3 Å². The number of H-pyrrole nitrogens is 1. The van der Waals surface area contributed by atoms with E-state index in [4.69, 9.17) is 0 Å². The number of likely N-dealkylation sites (tertiary alicyclic amines) is 1. The molecule has 1 fully saturated rings. The van der Waals surface area contributed by atoms with Crippen LogP contribution in [0.4, 0.5) is 0 Å². The number of aromatic nitrogens is 2. The molecule has 2 aromatic rings. The predicted molar refractivity (Wildman–Crippen MR) is 92.0 cm³/mol. The lowest BCUT2D eigenvalue weighted by molar-refractivity contribution is -0.129. The van der Waals surface area contributed by atoms with Crippen molar-refractivity contribution in [2.45, 2.75) is 44.4 Å². The van der Waals surface area contributed by atoms with E-state index in [1.54, 1.807) is 11.8 Å². The van der Waals surface area contributed by atoms with Crippen molar-refractivity contribution in [2.24, 2.45) is 0 Å². The molecule has 0 bridgehead atoms. The second-order valence-electron chi connectivity index (χ2n) is 6.79. The van der Waals surface area contributed by atoms with E-state index in [1.807, 2.05) is 29.2 Å². The topological polar surface area (TPSA) is 49.0 Å². The first-order valence-corrected chi connectivity index (χ1v) is 8.81. The number of carbonyl (C=O) groups is 1. The summed E-state index contributed by atoms with van der Waals surface area (Å²) in [4.78, 5) is 22.6. The molecule has 0 spiro atoms. The van der Waals surface area contributed by atoms with Gasteiger partial charge >= 0.3 is 0 Å². The number of nitrogens with one attached hydrogen (secondary N) is 1. The zero-order valence-electron chi connectivity index (χ0n) is 13.4. The molecule has 118 valence electrons. The second kappa shape index (κ2) is 5.95. The van der Waals surface area contributed by atoms with Gasteiger partial charge in [0.15, 0.2) is 0 Å². The molecule has 22 heavy (non-hydrogen) atoms. The molecule has 1 N–H and O–H groups in total. The third-order valence-corrected chi connectivity index (χ3v) is 5.18. The SMILES string of the molecule is CC(C)(C)SCC(=O)N1CCCC1c1nc2ccccc2[nH]1. The van der Waals surface area contributed by atoms with Gasteiger partial charge in [0.25, 0.3) is 0 Å². The number of carbonyl (C=O) groups excluding carboxylic acids is 1. The van der Waals surface area contributed by atoms with E-state index in [2.05, 4.69) is 30.7 Å². The summed E-state index contributed by atoms with van der Waals surface area (Å²) in [5.74, 6) is 1.69. The Morgan fingerprint density at radius 1 is 1.41 bits per heavy atom. The van der Waals surface area contributed by atoms with Gasteiger partial charge in [0, 0.05) is 11.3 Å². The number of amides is 1. The molecule has 1 amide bonds. The normalized spacial score (nSPS) is 19.0. The van der Waals surface area contributed by atoms with Crippen LogP contribution in [0.2, 0.25) is 0 Å². The summed E-state index contributed by atoms with van der Waals surface area (Å²) in [6.07, 6.45) is 2.04. The Morgan fingerprint density at radius 3 is 2.91 bits per heavy atom. The van der Waals surface area contributed by atoms with Gasteiger partial charge in [-0.15, -0.1) is 11.8 Å². The van der Waals surface area contributed by atoms with Gasteiger partial charge in [0.2, 0.25) is 5.91 Å². The molecule has 2 heterocycles. The zero-order valence-corrected chi connectivity index (χ0v) is 14.2. The van der Waals surface area contributed by atoms with Crippen LogP contribution in [0.1, 0.15) is 45.5 Å². The summed E-state index contributed by atoms with van der Waals surface area (Å²) < 4.78 is 0.115. The summed E-state index contributed by atoms with van der Waals surface area (Å²) in [6.45, 7) is 7.27. The molecular weight excluding hydrogens is 294 g/mol. The lowest BCUT2D eigenvalue weighted by atomic mass is 10.2. The van der Waals surface area contributed by atoms with Gasteiger partial charge < -0.3 is 9.88 Å². The standard InChI is InChI=1S/C17H23N3OS/c1-17(2,3)22-11-15(21)20-10-6-9-14(20)16-18-12-7-4-5-8-13(12)19-16/h4-5,7-8,14H,6,9-11H2,1-3H3,(H,18,19). The monoisotopic (exact) mass is 317 g/mol. The van der Waals surface area contributed by atoms with Crippen LogP contribution in [0.5, 0.6) is 0 Å². The highest BCUT2D eigenvalue weighted by molar-refractivity contribution is 8.01. The smallest absolute Gasteiger partial charge is 0.233 e. The quantitative estimate of drug-likeness (QED) is 0.937. The maximum atomic E-state index is 12.6. The largest absolute Gasteiger partial charge is 0.340 e. The Morgan fingerprint density at radius 2 is 2.18 bits per heavy atom. The molecule has 5 heteroatoms. The van der Waals surface area contributed by atoms with Crippen LogP contribution in [0.3, 0.4) is 0 Å². The van der Waals surface area contributed by atoms with Crippen LogP contribution < -0.4 is 0 Å². The van der Waals surface area contributed by atoms with E-state index in [1.165, 1.54) is 0 Å². The van der Waals surface area contributed by atoms with E-state index in [9.17, 15) is 4.79 Å². The molecule has 1 saturated heterocycles. The van der Waals surface area contributed by atoms with Gasteiger partial charge in [-0.25, -0.2) is 4.98 Å². The van der Waals surface area contributed by atoms with E-state index in [0.717, 1.165) is 36.2 Å². The molecule has 1 aromatic carbocycles. The first-order valence-electron chi connectivity index (χ1n) is 7.82. The van der Waals surface area contributed by atoms with Gasteiger partial charge in [-0.2, -0.15) is 0 Å². The summed E-state index contributed by atoms with van der Waals surface area (Å²) >= 11 is 1.71. The third kappa shape index (κ3) is 3.29. The average molecular weight is 317 g/mol. The number of thioether (sulfide) groups is 1. The summed E-state index contributed by atoms with van der Waals surface area (Å²) in [5.41, 5.74) is 2.02. The lowest BCUT2D eigenvalue weighted by Gasteiger charge is -2.25. The number of nitrogens with zero attached hydrogens (tertiary/aromatic N) is 2. The Bertz CT molecular complexity index is 641. The molecule has 0 saturated carbocycles. The van der Waals surface area contributed by atoms with Crippen LogP contribution in [-0.4, -0.2) is 37.8 Å². The molecular formula is C17H23N3OS. The number of fused-ring (bicyclic) bond motifs is 1. The van der Waals surface area contributed by atoms with Crippen LogP contribution in [0.15, 0.2) is 24.3 Å². The summed E-state index contributed by atoms with van der Waals surface area (Å²) in [7, 11) is 0. The van der Waals surface area contributed by atoms with Gasteiger partial charge in [-0.3, -0.25) is 4.79 Å². The minimum absolute atomic E-state index is 0.0977. The second-order valence-corrected chi connectivity index (χ2v) is 8.59. The molecule has 0 radical (unpaired) electrons. The minimum atomic E-state index is 0.0977. The molecule has 1 atom stereocenters. The Balaban J connectivity index is 1.76. The molecule has 3 rings (SSSR count). The highest BCUT2D eigenvalue weighted by Gasteiger charge is 2.32. The van der Waals surface area contributed by atoms with Crippen molar-refractivity contribution in [3.8, 4) is 0 Å². The molecule has 1 aliphatic heterocycles. The zero-order chi connectivity index (χ0) is 15.7. The van der Waals surface area contributed by atoms with Gasteiger partial charge in [0.05, 0.1) is 22.8 Å². The van der Waals surface area contributed by atoms with Crippen LogP contribution in [0.25, 0.3) is 11.0 Å². The van der Waals surface area contributed by atoms with Gasteiger partial charge in [0.1, 0.15) is 5.82 Å². The predicted octanol–water partition coefficient (Wildman–Crippen LogP) is 3.76. The van der Waals surface area contributed by atoms with Crippen molar-refractivity contribution >= 4 is 28.7 Å². The van der Waals surface area contributed by atoms with E-state index in [0.29, 0.717) is 5.75 Å². The maximum absolute atomic E-state index is 12.6. The van der Waals surface area contributed by atoms with Gasteiger partial charge in [-0.05, 0) is 25.0 Å². The molecule has 0 aliphatic carbocycles. The molecule has 1 aromatic heterocycles.